The molecule has 0 aliphatic carbocycles. The quantitative estimate of drug-likeness (QED) is 0.580. The number of piperazine rings is 1. The van der Waals surface area contributed by atoms with Crippen LogP contribution in [0, 0.1) is 5.92 Å². The Labute approximate surface area is 83.1 Å². The number of nitrogens with zero attached hydrogens (tertiary/aromatic N) is 1. The number of rotatable bonds is 4. The number of carboxylic acids is 1. The van der Waals surface area contributed by atoms with Crippen LogP contribution < -0.4 is 5.32 Å². The van der Waals surface area contributed by atoms with Gasteiger partial charge in [0, 0.05) is 32.7 Å². The lowest BCUT2D eigenvalue weighted by Crippen LogP contribution is -2.47. The first-order valence-corrected chi connectivity index (χ1v) is 4.77. The van der Waals surface area contributed by atoms with E-state index in [4.69, 9.17) is 5.11 Å². The average molecular weight is 200 g/mol. The molecule has 5 heteroatoms. The Kier molecular flexibility index (Phi) is 4.03. The lowest BCUT2D eigenvalue weighted by atomic mass is 10.0. The van der Waals surface area contributed by atoms with E-state index < -0.39 is 11.9 Å². The number of ketones is 1. The molecular weight excluding hydrogens is 184 g/mol. The molecule has 2 N–H and O–H groups in total. The topological polar surface area (TPSA) is 69.6 Å². The second kappa shape index (κ2) is 5.07. The average Bonchev–Trinajstić information content (AvgIpc) is 2.15. The van der Waals surface area contributed by atoms with Crippen molar-refractivity contribution in [3.05, 3.63) is 0 Å². The normalized spacial score (nSPS) is 20.4. The molecule has 80 valence electrons. The molecule has 0 radical (unpaired) electrons. The molecule has 0 aromatic carbocycles. The molecule has 1 aliphatic heterocycles. The summed E-state index contributed by atoms with van der Waals surface area (Å²) in [5.41, 5.74) is 0. The van der Waals surface area contributed by atoms with E-state index in [1.54, 1.807) is 0 Å². The predicted octanol–water partition coefficient (Wildman–Crippen LogP) is -0.819. The summed E-state index contributed by atoms with van der Waals surface area (Å²) in [5, 5.41) is 12.0. The Morgan fingerprint density at radius 3 is 2.43 bits per heavy atom. The van der Waals surface area contributed by atoms with Crippen LogP contribution in [0.25, 0.3) is 0 Å². The third-order valence-corrected chi connectivity index (χ3v) is 2.44. The highest BCUT2D eigenvalue weighted by atomic mass is 16.4. The van der Waals surface area contributed by atoms with Crippen molar-refractivity contribution in [2.45, 2.75) is 6.92 Å². The van der Waals surface area contributed by atoms with Crippen molar-refractivity contribution in [3.63, 3.8) is 0 Å². The van der Waals surface area contributed by atoms with Crippen LogP contribution in [0.2, 0.25) is 0 Å². The van der Waals surface area contributed by atoms with E-state index in [9.17, 15) is 9.59 Å². The van der Waals surface area contributed by atoms with Crippen LogP contribution in [0.15, 0.2) is 0 Å². The Balaban J connectivity index is 2.45. The highest BCUT2D eigenvalue weighted by Crippen LogP contribution is 2.04. The summed E-state index contributed by atoms with van der Waals surface area (Å²) in [6.45, 7) is 5.04. The van der Waals surface area contributed by atoms with Gasteiger partial charge in [-0.3, -0.25) is 14.5 Å². The highest BCUT2D eigenvalue weighted by molar-refractivity contribution is 5.97. The fraction of sp³-hybridized carbons (Fsp3) is 0.778. The molecule has 1 saturated heterocycles. The van der Waals surface area contributed by atoms with E-state index >= 15 is 0 Å². The van der Waals surface area contributed by atoms with E-state index in [1.807, 2.05) is 4.90 Å². The molecule has 14 heavy (non-hydrogen) atoms. The van der Waals surface area contributed by atoms with Gasteiger partial charge in [-0.2, -0.15) is 0 Å². The van der Waals surface area contributed by atoms with Crippen molar-refractivity contribution < 1.29 is 14.7 Å². The van der Waals surface area contributed by atoms with Gasteiger partial charge in [0.1, 0.15) is 11.7 Å². The van der Waals surface area contributed by atoms with Gasteiger partial charge in [-0.05, 0) is 6.92 Å². The molecular formula is C9H16N2O3. The third-order valence-electron chi connectivity index (χ3n) is 2.44. The number of nitrogens with one attached hydrogen (secondary N) is 1. The third kappa shape index (κ3) is 3.08. The first-order chi connectivity index (χ1) is 6.61. The van der Waals surface area contributed by atoms with Crippen LogP contribution in [0.1, 0.15) is 6.92 Å². The smallest absolute Gasteiger partial charge is 0.315 e. The summed E-state index contributed by atoms with van der Waals surface area (Å²) in [7, 11) is 0. The molecule has 0 bridgehead atoms. The zero-order valence-electron chi connectivity index (χ0n) is 8.32. The summed E-state index contributed by atoms with van der Waals surface area (Å²) in [6, 6.07) is 0. The van der Waals surface area contributed by atoms with Crippen molar-refractivity contribution in [1.29, 1.82) is 0 Å². The largest absolute Gasteiger partial charge is 0.481 e. The molecule has 0 aromatic rings. The number of hydrogen-bond donors (Lipinski definition) is 2. The Morgan fingerprint density at radius 1 is 1.43 bits per heavy atom. The van der Waals surface area contributed by atoms with E-state index in [0.29, 0.717) is 6.54 Å². The molecule has 1 unspecified atom stereocenters. The monoisotopic (exact) mass is 200 g/mol. The zero-order chi connectivity index (χ0) is 10.6. The molecule has 0 aromatic heterocycles. The van der Waals surface area contributed by atoms with Crippen LogP contribution in [0.4, 0.5) is 0 Å². The maximum absolute atomic E-state index is 11.0. The van der Waals surface area contributed by atoms with Crippen molar-refractivity contribution in [2.75, 3.05) is 32.7 Å². The van der Waals surface area contributed by atoms with Crippen molar-refractivity contribution in [2.24, 2.45) is 5.92 Å². The second-order valence-electron chi connectivity index (χ2n) is 3.55. The van der Waals surface area contributed by atoms with Gasteiger partial charge in [0.15, 0.2) is 0 Å². The number of carboxylic acid groups (broad SMARTS) is 1. The van der Waals surface area contributed by atoms with Crippen molar-refractivity contribution >= 4 is 11.8 Å². The Morgan fingerprint density at radius 2 is 2.00 bits per heavy atom. The number of carbonyl (C=O) groups excluding carboxylic acids is 1. The maximum atomic E-state index is 11.0. The molecule has 1 heterocycles. The minimum absolute atomic E-state index is 0.268. The lowest BCUT2D eigenvalue weighted by Gasteiger charge is -2.28. The van der Waals surface area contributed by atoms with Gasteiger partial charge >= 0.3 is 5.97 Å². The first kappa shape index (κ1) is 11.1. The van der Waals surface area contributed by atoms with Crippen LogP contribution >= 0.6 is 0 Å². The lowest BCUT2D eigenvalue weighted by molar-refractivity contribution is -0.146. The molecule has 1 atom stereocenters. The minimum atomic E-state index is -1.02. The molecule has 1 fully saturated rings. The van der Waals surface area contributed by atoms with E-state index in [2.05, 4.69) is 5.32 Å². The molecule has 0 saturated carbocycles. The SMILES string of the molecule is CC(=O)C(CN1CCNCC1)C(=O)O. The Hall–Kier alpha value is -0.940. The predicted molar refractivity (Wildman–Crippen MR) is 51.1 cm³/mol. The van der Waals surface area contributed by atoms with Gasteiger partial charge in [-0.15, -0.1) is 0 Å². The minimum Gasteiger partial charge on any atom is -0.481 e. The second-order valence-corrected chi connectivity index (χ2v) is 3.55. The van der Waals surface area contributed by atoms with Gasteiger partial charge in [0.2, 0.25) is 0 Å². The molecule has 1 rings (SSSR count). The fourth-order valence-electron chi connectivity index (χ4n) is 1.53. The number of carbonyl (C=O) groups is 2. The summed E-state index contributed by atoms with van der Waals surface area (Å²) in [4.78, 5) is 23.8. The standard InChI is InChI=1S/C9H16N2O3/c1-7(12)8(9(13)14)6-11-4-2-10-3-5-11/h8,10H,2-6H2,1H3,(H,13,14). The molecule has 5 nitrogen and oxygen atoms in total. The number of hydrogen-bond acceptors (Lipinski definition) is 4. The molecule has 0 amide bonds. The van der Waals surface area contributed by atoms with E-state index in [-0.39, 0.29) is 5.78 Å². The van der Waals surface area contributed by atoms with Gasteiger partial charge in [-0.1, -0.05) is 0 Å². The number of aliphatic carboxylic acids is 1. The summed E-state index contributed by atoms with van der Waals surface area (Å²) < 4.78 is 0. The van der Waals surface area contributed by atoms with E-state index in [0.717, 1.165) is 26.2 Å². The van der Waals surface area contributed by atoms with Crippen LogP contribution in [0.3, 0.4) is 0 Å². The van der Waals surface area contributed by atoms with Crippen molar-refractivity contribution in [1.82, 2.24) is 10.2 Å². The summed E-state index contributed by atoms with van der Waals surface area (Å²) >= 11 is 0. The fourth-order valence-corrected chi connectivity index (χ4v) is 1.53. The number of Topliss-reactive ketones (excluding diaryl/α,β-unsaturated/α-hetero) is 1. The highest BCUT2D eigenvalue weighted by Gasteiger charge is 2.25. The van der Waals surface area contributed by atoms with Crippen LogP contribution in [-0.2, 0) is 9.59 Å². The van der Waals surface area contributed by atoms with Gasteiger partial charge in [0.05, 0.1) is 0 Å². The molecule has 1 aliphatic rings. The summed E-state index contributed by atoms with van der Waals surface area (Å²) in [6.07, 6.45) is 0. The van der Waals surface area contributed by atoms with Crippen LogP contribution in [0.5, 0.6) is 0 Å². The van der Waals surface area contributed by atoms with Gasteiger partial charge in [-0.25, -0.2) is 0 Å². The first-order valence-electron chi connectivity index (χ1n) is 4.77. The maximum Gasteiger partial charge on any atom is 0.315 e. The zero-order valence-corrected chi connectivity index (χ0v) is 8.32. The van der Waals surface area contributed by atoms with Gasteiger partial charge < -0.3 is 10.4 Å². The summed E-state index contributed by atoms with van der Waals surface area (Å²) in [5.74, 6) is -2.15. The van der Waals surface area contributed by atoms with Gasteiger partial charge in [0.25, 0.3) is 0 Å². The van der Waals surface area contributed by atoms with Crippen LogP contribution in [-0.4, -0.2) is 54.5 Å². The Bertz CT molecular complexity index is 210. The van der Waals surface area contributed by atoms with E-state index in [1.165, 1.54) is 6.92 Å². The van der Waals surface area contributed by atoms with Crippen molar-refractivity contribution in [3.8, 4) is 0 Å². The molecule has 0 spiro atoms.